The van der Waals surface area contributed by atoms with Gasteiger partial charge in [0.2, 0.25) is 10.0 Å². The molecule has 1 saturated heterocycles. The van der Waals surface area contributed by atoms with Crippen LogP contribution in [0.3, 0.4) is 0 Å². The van der Waals surface area contributed by atoms with Crippen LogP contribution in [0.15, 0.2) is 4.99 Å². The van der Waals surface area contributed by atoms with Gasteiger partial charge in [-0.15, -0.1) is 0 Å². The second kappa shape index (κ2) is 10.8. The van der Waals surface area contributed by atoms with E-state index in [0.29, 0.717) is 19.1 Å². The van der Waals surface area contributed by atoms with Gasteiger partial charge in [0.1, 0.15) is 0 Å². The third-order valence-corrected chi connectivity index (χ3v) is 5.44. The Morgan fingerprint density at radius 3 is 2.48 bits per heavy atom. The number of piperidine rings is 1. The molecule has 8 heteroatoms. The Morgan fingerprint density at radius 2 is 1.91 bits per heavy atom. The van der Waals surface area contributed by atoms with E-state index in [1.165, 1.54) is 13.0 Å². The van der Waals surface area contributed by atoms with Crippen LogP contribution in [-0.4, -0.2) is 70.8 Å². The van der Waals surface area contributed by atoms with Crippen molar-refractivity contribution in [3.63, 3.8) is 0 Å². The molecule has 0 saturated carbocycles. The number of guanidine groups is 1. The van der Waals surface area contributed by atoms with Gasteiger partial charge < -0.3 is 15.5 Å². The Labute approximate surface area is 141 Å². The highest BCUT2D eigenvalue weighted by molar-refractivity contribution is 7.89. The van der Waals surface area contributed by atoms with Gasteiger partial charge in [-0.1, -0.05) is 6.92 Å². The second-order valence-corrected chi connectivity index (χ2v) is 8.01. The highest BCUT2D eigenvalue weighted by Crippen LogP contribution is 2.10. The normalized spacial score (nSPS) is 18.1. The monoisotopic (exact) mass is 347 g/mol. The van der Waals surface area contributed by atoms with E-state index < -0.39 is 10.0 Å². The molecule has 0 aromatic rings. The molecule has 0 aliphatic carbocycles. The van der Waals surface area contributed by atoms with Crippen LogP contribution >= 0.6 is 0 Å². The largest absolute Gasteiger partial charge is 0.356 e. The molecule has 1 aliphatic heterocycles. The number of rotatable bonds is 9. The first-order valence-electron chi connectivity index (χ1n) is 8.67. The molecule has 0 radical (unpaired) electrons. The zero-order valence-corrected chi connectivity index (χ0v) is 15.6. The third kappa shape index (κ3) is 8.53. The summed E-state index contributed by atoms with van der Waals surface area (Å²) in [6, 6.07) is 0.466. The topological polar surface area (TPSA) is 85.8 Å². The molecule has 1 rings (SSSR count). The van der Waals surface area contributed by atoms with Crippen molar-refractivity contribution in [2.24, 2.45) is 4.99 Å². The molecule has 1 fully saturated rings. The van der Waals surface area contributed by atoms with Crippen LogP contribution in [0.25, 0.3) is 0 Å². The molecular weight excluding hydrogens is 314 g/mol. The van der Waals surface area contributed by atoms with Crippen molar-refractivity contribution in [1.29, 1.82) is 0 Å². The molecule has 0 unspecified atom stereocenters. The van der Waals surface area contributed by atoms with Crippen molar-refractivity contribution >= 4 is 16.0 Å². The first-order valence-corrected chi connectivity index (χ1v) is 10.3. The molecule has 7 nitrogen and oxygen atoms in total. The van der Waals surface area contributed by atoms with E-state index in [1.807, 2.05) is 0 Å². The SMILES string of the molecule is CCCN1CCC(NC(=NC)NCCCNS(=O)(=O)CC)CC1. The van der Waals surface area contributed by atoms with E-state index in [0.717, 1.165) is 38.3 Å². The maximum atomic E-state index is 11.3. The van der Waals surface area contributed by atoms with Crippen molar-refractivity contribution < 1.29 is 8.42 Å². The van der Waals surface area contributed by atoms with Crippen molar-refractivity contribution in [2.45, 2.75) is 45.6 Å². The summed E-state index contributed by atoms with van der Waals surface area (Å²) in [6.07, 6.45) is 4.21. The van der Waals surface area contributed by atoms with E-state index in [1.54, 1.807) is 14.0 Å². The van der Waals surface area contributed by atoms with E-state index >= 15 is 0 Å². The van der Waals surface area contributed by atoms with Crippen molar-refractivity contribution in [2.75, 3.05) is 45.5 Å². The fraction of sp³-hybridized carbons (Fsp3) is 0.933. The minimum atomic E-state index is -3.09. The molecule has 0 atom stereocenters. The first-order chi connectivity index (χ1) is 11.0. The molecule has 0 amide bonds. The predicted molar refractivity (Wildman–Crippen MR) is 96.3 cm³/mol. The van der Waals surface area contributed by atoms with Gasteiger partial charge in [-0.25, -0.2) is 13.1 Å². The Morgan fingerprint density at radius 1 is 1.22 bits per heavy atom. The van der Waals surface area contributed by atoms with Gasteiger partial charge in [0.15, 0.2) is 5.96 Å². The number of hydrogen-bond acceptors (Lipinski definition) is 4. The summed E-state index contributed by atoms with van der Waals surface area (Å²) >= 11 is 0. The molecule has 0 spiro atoms. The summed E-state index contributed by atoms with van der Waals surface area (Å²) in [6.45, 7) is 8.47. The summed E-state index contributed by atoms with van der Waals surface area (Å²) in [5.74, 6) is 0.928. The number of hydrogen-bond donors (Lipinski definition) is 3. The fourth-order valence-corrected chi connectivity index (χ4v) is 3.29. The summed E-state index contributed by atoms with van der Waals surface area (Å²) in [4.78, 5) is 6.75. The van der Waals surface area contributed by atoms with Crippen LogP contribution in [0.1, 0.15) is 39.5 Å². The maximum Gasteiger partial charge on any atom is 0.211 e. The average molecular weight is 348 g/mol. The van der Waals surface area contributed by atoms with E-state index in [-0.39, 0.29) is 5.75 Å². The number of likely N-dealkylation sites (tertiary alicyclic amines) is 1. The highest BCUT2D eigenvalue weighted by Gasteiger charge is 2.19. The van der Waals surface area contributed by atoms with Crippen molar-refractivity contribution in [3.8, 4) is 0 Å². The zero-order valence-electron chi connectivity index (χ0n) is 14.8. The van der Waals surface area contributed by atoms with Crippen LogP contribution in [0.5, 0.6) is 0 Å². The Kier molecular flexibility index (Phi) is 9.50. The number of nitrogens with one attached hydrogen (secondary N) is 3. The third-order valence-electron chi connectivity index (χ3n) is 4.04. The molecule has 0 bridgehead atoms. The Bertz CT molecular complexity index is 445. The van der Waals surface area contributed by atoms with Gasteiger partial charge in [0, 0.05) is 39.3 Å². The summed E-state index contributed by atoms with van der Waals surface area (Å²) in [7, 11) is -1.32. The van der Waals surface area contributed by atoms with Gasteiger partial charge in [0.05, 0.1) is 5.75 Å². The van der Waals surface area contributed by atoms with Crippen LogP contribution < -0.4 is 15.4 Å². The van der Waals surface area contributed by atoms with Gasteiger partial charge in [0.25, 0.3) is 0 Å². The molecule has 136 valence electrons. The number of sulfonamides is 1. The van der Waals surface area contributed by atoms with Crippen LogP contribution in [0, 0.1) is 0 Å². The number of nitrogens with zero attached hydrogens (tertiary/aromatic N) is 2. The minimum absolute atomic E-state index is 0.125. The minimum Gasteiger partial charge on any atom is -0.356 e. The summed E-state index contributed by atoms with van der Waals surface area (Å²) < 4.78 is 25.2. The van der Waals surface area contributed by atoms with Gasteiger partial charge in [-0.3, -0.25) is 4.99 Å². The maximum absolute atomic E-state index is 11.3. The zero-order chi connectivity index (χ0) is 17.1. The second-order valence-electron chi connectivity index (χ2n) is 5.91. The predicted octanol–water partition coefficient (Wildman–Crippen LogP) is 0.355. The fourth-order valence-electron chi connectivity index (χ4n) is 2.63. The molecule has 1 aliphatic rings. The summed E-state index contributed by atoms with van der Waals surface area (Å²) in [5, 5.41) is 6.71. The Balaban J connectivity index is 2.18. The molecule has 0 aromatic carbocycles. The smallest absolute Gasteiger partial charge is 0.211 e. The van der Waals surface area contributed by atoms with E-state index in [4.69, 9.17) is 0 Å². The lowest BCUT2D eigenvalue weighted by atomic mass is 10.1. The molecule has 0 aromatic heterocycles. The molecule has 3 N–H and O–H groups in total. The summed E-state index contributed by atoms with van der Waals surface area (Å²) in [5.41, 5.74) is 0. The van der Waals surface area contributed by atoms with Gasteiger partial charge in [-0.05, 0) is 39.2 Å². The van der Waals surface area contributed by atoms with Gasteiger partial charge in [-0.2, -0.15) is 0 Å². The quantitative estimate of drug-likeness (QED) is 0.318. The van der Waals surface area contributed by atoms with Crippen LogP contribution in [0.2, 0.25) is 0 Å². The van der Waals surface area contributed by atoms with E-state index in [2.05, 4.69) is 32.2 Å². The lowest BCUT2D eigenvalue weighted by Gasteiger charge is -2.32. The van der Waals surface area contributed by atoms with Crippen LogP contribution in [0.4, 0.5) is 0 Å². The standard InChI is InChI=1S/C15H33N5O2S/c1-4-11-20-12-7-14(8-13-20)19-15(16-3)17-9-6-10-18-23(21,22)5-2/h14,18H,4-13H2,1-3H3,(H2,16,17,19). The average Bonchev–Trinajstić information content (AvgIpc) is 2.55. The van der Waals surface area contributed by atoms with Gasteiger partial charge >= 0.3 is 0 Å². The molecule has 1 heterocycles. The van der Waals surface area contributed by atoms with E-state index in [9.17, 15) is 8.42 Å². The highest BCUT2D eigenvalue weighted by atomic mass is 32.2. The molecular formula is C15H33N5O2S. The lowest BCUT2D eigenvalue weighted by Crippen LogP contribution is -2.49. The van der Waals surface area contributed by atoms with Crippen molar-refractivity contribution in [1.82, 2.24) is 20.3 Å². The first kappa shape index (κ1) is 20.2. The van der Waals surface area contributed by atoms with Crippen molar-refractivity contribution in [3.05, 3.63) is 0 Å². The number of aliphatic imine (C=N–C) groups is 1. The molecule has 23 heavy (non-hydrogen) atoms. The van der Waals surface area contributed by atoms with Crippen LogP contribution in [-0.2, 0) is 10.0 Å². The Hall–Kier alpha value is -0.860. The lowest BCUT2D eigenvalue weighted by molar-refractivity contribution is 0.206.